The Bertz CT molecular complexity index is 424. The molecular formula is C17H27ClN2O. The first kappa shape index (κ1) is 18.0. The Hall–Kier alpha value is -1.06. The van der Waals surface area contributed by atoms with Crippen LogP contribution in [0, 0.1) is 0 Å². The Morgan fingerprint density at radius 3 is 2.71 bits per heavy atom. The summed E-state index contributed by atoms with van der Waals surface area (Å²) in [5.74, 6) is 0.184. The number of carbonyl (C=O) groups excluding carboxylic acids is 1. The Kier molecular flexibility index (Phi) is 7.76. The summed E-state index contributed by atoms with van der Waals surface area (Å²) in [5.41, 5.74) is 1.13. The zero-order valence-electron chi connectivity index (χ0n) is 13.0. The van der Waals surface area contributed by atoms with Crippen molar-refractivity contribution in [1.82, 2.24) is 10.6 Å². The number of rotatable bonds is 5. The van der Waals surface area contributed by atoms with Gasteiger partial charge in [0.05, 0.1) is 5.92 Å². The highest BCUT2D eigenvalue weighted by atomic mass is 35.5. The zero-order valence-corrected chi connectivity index (χ0v) is 13.8. The Labute approximate surface area is 134 Å². The molecule has 21 heavy (non-hydrogen) atoms. The number of amides is 1. The first-order valence-electron chi connectivity index (χ1n) is 7.79. The first-order chi connectivity index (χ1) is 9.70. The smallest absolute Gasteiger partial charge is 0.227 e. The lowest BCUT2D eigenvalue weighted by Gasteiger charge is -2.30. The molecule has 1 saturated heterocycles. The first-order valence-corrected chi connectivity index (χ1v) is 7.79. The van der Waals surface area contributed by atoms with E-state index in [4.69, 9.17) is 0 Å². The molecule has 0 aromatic heterocycles. The van der Waals surface area contributed by atoms with Gasteiger partial charge in [0.1, 0.15) is 0 Å². The minimum Gasteiger partial charge on any atom is -0.353 e. The number of nitrogens with one attached hydrogen (secondary N) is 2. The van der Waals surface area contributed by atoms with Crippen LogP contribution in [0.4, 0.5) is 0 Å². The maximum atomic E-state index is 12.6. The van der Waals surface area contributed by atoms with E-state index < -0.39 is 0 Å². The number of piperidine rings is 1. The lowest BCUT2D eigenvalue weighted by molar-refractivity contribution is -0.123. The van der Waals surface area contributed by atoms with Crippen LogP contribution in [-0.2, 0) is 4.79 Å². The molecule has 4 heteroatoms. The van der Waals surface area contributed by atoms with Crippen LogP contribution in [-0.4, -0.2) is 24.5 Å². The highest BCUT2D eigenvalue weighted by Gasteiger charge is 2.24. The fourth-order valence-electron chi connectivity index (χ4n) is 2.99. The van der Waals surface area contributed by atoms with Crippen LogP contribution in [0.3, 0.4) is 0 Å². The number of benzene rings is 1. The van der Waals surface area contributed by atoms with Gasteiger partial charge >= 0.3 is 0 Å². The predicted molar refractivity (Wildman–Crippen MR) is 90.0 cm³/mol. The van der Waals surface area contributed by atoms with Crippen molar-refractivity contribution in [3.05, 3.63) is 35.9 Å². The molecule has 1 aromatic rings. The third-order valence-corrected chi connectivity index (χ3v) is 4.07. The molecule has 1 aliphatic rings. The predicted octanol–water partition coefficient (Wildman–Crippen LogP) is 3.25. The second-order valence-corrected chi connectivity index (χ2v) is 5.84. The van der Waals surface area contributed by atoms with E-state index in [9.17, 15) is 4.79 Å². The number of carbonyl (C=O) groups is 1. The lowest BCUT2D eigenvalue weighted by Crippen LogP contribution is -2.47. The van der Waals surface area contributed by atoms with Crippen LogP contribution in [0.5, 0.6) is 0 Å². The summed E-state index contributed by atoms with van der Waals surface area (Å²) >= 11 is 0. The summed E-state index contributed by atoms with van der Waals surface area (Å²) in [5, 5.41) is 6.67. The fraction of sp³-hybridized carbons (Fsp3) is 0.588. The summed E-state index contributed by atoms with van der Waals surface area (Å²) in [6.45, 7) is 5.31. The Morgan fingerprint density at radius 1 is 1.38 bits per heavy atom. The minimum atomic E-state index is -0.00797. The van der Waals surface area contributed by atoms with Crippen molar-refractivity contribution in [3.8, 4) is 0 Å². The van der Waals surface area contributed by atoms with Crippen LogP contribution < -0.4 is 10.6 Å². The van der Waals surface area contributed by atoms with Crippen molar-refractivity contribution in [2.75, 3.05) is 6.54 Å². The molecule has 2 rings (SSSR count). The molecule has 1 aliphatic heterocycles. The highest BCUT2D eigenvalue weighted by molar-refractivity contribution is 5.85. The van der Waals surface area contributed by atoms with E-state index in [-0.39, 0.29) is 24.2 Å². The quantitative estimate of drug-likeness (QED) is 0.876. The topological polar surface area (TPSA) is 41.1 Å². The van der Waals surface area contributed by atoms with Crippen LogP contribution in [0.15, 0.2) is 30.3 Å². The van der Waals surface area contributed by atoms with E-state index in [1.807, 2.05) is 18.2 Å². The van der Waals surface area contributed by atoms with E-state index in [1.54, 1.807) is 0 Å². The molecule has 118 valence electrons. The molecule has 0 aliphatic carbocycles. The van der Waals surface area contributed by atoms with Gasteiger partial charge in [0.25, 0.3) is 0 Å². The van der Waals surface area contributed by atoms with Crippen molar-refractivity contribution < 1.29 is 4.79 Å². The summed E-state index contributed by atoms with van der Waals surface area (Å²) in [6, 6.07) is 11.0. The number of halogens is 1. The molecule has 1 aromatic carbocycles. The van der Waals surface area contributed by atoms with E-state index in [2.05, 4.69) is 36.6 Å². The minimum absolute atomic E-state index is 0. The van der Waals surface area contributed by atoms with Gasteiger partial charge in [0.2, 0.25) is 5.91 Å². The largest absolute Gasteiger partial charge is 0.353 e. The van der Waals surface area contributed by atoms with Gasteiger partial charge in [-0.2, -0.15) is 0 Å². The molecule has 3 unspecified atom stereocenters. The van der Waals surface area contributed by atoms with E-state index in [1.165, 1.54) is 0 Å². The molecule has 3 nitrogen and oxygen atoms in total. The van der Waals surface area contributed by atoms with Gasteiger partial charge in [-0.05, 0) is 38.3 Å². The van der Waals surface area contributed by atoms with Gasteiger partial charge in [0, 0.05) is 12.1 Å². The van der Waals surface area contributed by atoms with Crippen molar-refractivity contribution in [1.29, 1.82) is 0 Å². The molecular weight excluding hydrogens is 284 g/mol. The van der Waals surface area contributed by atoms with Crippen LogP contribution >= 0.6 is 12.4 Å². The number of hydrogen-bond acceptors (Lipinski definition) is 2. The van der Waals surface area contributed by atoms with Gasteiger partial charge in [-0.1, -0.05) is 43.7 Å². The molecule has 2 N–H and O–H groups in total. The Balaban J connectivity index is 0.00000220. The van der Waals surface area contributed by atoms with Crippen LogP contribution in [0.1, 0.15) is 51.0 Å². The average molecular weight is 311 g/mol. The molecule has 0 bridgehead atoms. The van der Waals surface area contributed by atoms with Crippen molar-refractivity contribution in [3.63, 3.8) is 0 Å². The van der Waals surface area contributed by atoms with Gasteiger partial charge in [-0.3, -0.25) is 4.79 Å². The second-order valence-electron chi connectivity index (χ2n) is 5.84. The fourth-order valence-corrected chi connectivity index (χ4v) is 2.99. The highest BCUT2D eigenvalue weighted by Crippen LogP contribution is 2.22. The number of hydrogen-bond donors (Lipinski definition) is 2. The maximum Gasteiger partial charge on any atom is 0.227 e. The lowest BCUT2D eigenvalue weighted by atomic mass is 9.92. The standard InChI is InChI=1S/C17H26N2O.ClH/c1-3-7-16(14-8-5-4-6-9-14)17(20)19-15-10-11-18-13(2)12-15;/h4-6,8-9,13,15-16,18H,3,7,10-12H2,1-2H3,(H,19,20);1H. The van der Waals surface area contributed by atoms with Crippen LogP contribution in [0.2, 0.25) is 0 Å². The van der Waals surface area contributed by atoms with Gasteiger partial charge in [0.15, 0.2) is 0 Å². The second kappa shape index (κ2) is 9.06. The summed E-state index contributed by atoms with van der Waals surface area (Å²) < 4.78 is 0. The molecule has 1 heterocycles. The third kappa shape index (κ3) is 5.33. The molecule has 0 saturated carbocycles. The molecule has 0 radical (unpaired) electrons. The van der Waals surface area contributed by atoms with Crippen molar-refractivity contribution >= 4 is 18.3 Å². The van der Waals surface area contributed by atoms with E-state index >= 15 is 0 Å². The van der Waals surface area contributed by atoms with Crippen molar-refractivity contribution in [2.45, 2.75) is 57.5 Å². The van der Waals surface area contributed by atoms with E-state index in [0.717, 1.165) is 37.8 Å². The van der Waals surface area contributed by atoms with Gasteiger partial charge in [-0.25, -0.2) is 0 Å². The maximum absolute atomic E-state index is 12.6. The van der Waals surface area contributed by atoms with Gasteiger partial charge < -0.3 is 10.6 Å². The van der Waals surface area contributed by atoms with Gasteiger partial charge in [-0.15, -0.1) is 12.4 Å². The molecule has 1 fully saturated rings. The third-order valence-electron chi connectivity index (χ3n) is 4.07. The monoisotopic (exact) mass is 310 g/mol. The van der Waals surface area contributed by atoms with Crippen molar-refractivity contribution in [2.24, 2.45) is 0 Å². The zero-order chi connectivity index (χ0) is 14.4. The SMILES string of the molecule is CCCC(C(=O)NC1CCNC(C)C1)c1ccccc1.Cl. The summed E-state index contributed by atoms with van der Waals surface area (Å²) in [4.78, 5) is 12.6. The molecule has 0 spiro atoms. The Morgan fingerprint density at radius 2 is 2.10 bits per heavy atom. The normalized spacial score (nSPS) is 23.0. The molecule has 3 atom stereocenters. The average Bonchev–Trinajstić information content (AvgIpc) is 2.45. The molecule has 1 amide bonds. The van der Waals surface area contributed by atoms with Crippen LogP contribution in [0.25, 0.3) is 0 Å². The summed E-state index contributed by atoms with van der Waals surface area (Å²) in [6.07, 6.45) is 4.00. The van der Waals surface area contributed by atoms with E-state index in [0.29, 0.717) is 12.1 Å². The summed E-state index contributed by atoms with van der Waals surface area (Å²) in [7, 11) is 0.